The predicted molar refractivity (Wildman–Crippen MR) is 70.7 cm³/mol. The van der Waals surface area contributed by atoms with Crippen LogP contribution < -0.4 is 10.5 Å². The van der Waals surface area contributed by atoms with Crippen LogP contribution in [0.15, 0.2) is 17.5 Å². The third-order valence-corrected chi connectivity index (χ3v) is 4.53. The first-order chi connectivity index (χ1) is 7.61. The summed E-state index contributed by atoms with van der Waals surface area (Å²) in [6.45, 7) is 4.24. The second-order valence-corrected chi connectivity index (χ2v) is 6.14. The SMILES string of the molecule is COc1csc(C(N)c2cc(C)sc2C)c1. The number of hydrogen-bond donors (Lipinski definition) is 1. The van der Waals surface area contributed by atoms with Gasteiger partial charge in [0, 0.05) is 20.0 Å². The summed E-state index contributed by atoms with van der Waals surface area (Å²) in [5.74, 6) is 0.889. The number of nitrogens with two attached hydrogens (primary N) is 1. The van der Waals surface area contributed by atoms with Gasteiger partial charge in [0.15, 0.2) is 0 Å². The van der Waals surface area contributed by atoms with Gasteiger partial charge in [0.05, 0.1) is 13.2 Å². The molecule has 0 aliphatic rings. The van der Waals surface area contributed by atoms with Crippen molar-refractivity contribution in [2.45, 2.75) is 19.9 Å². The van der Waals surface area contributed by atoms with Crippen molar-refractivity contribution in [1.82, 2.24) is 0 Å². The zero-order valence-electron chi connectivity index (χ0n) is 9.61. The highest BCUT2D eigenvalue weighted by atomic mass is 32.1. The molecule has 2 rings (SSSR count). The summed E-state index contributed by atoms with van der Waals surface area (Å²) in [6, 6.07) is 4.16. The lowest BCUT2D eigenvalue weighted by molar-refractivity contribution is 0.416. The van der Waals surface area contributed by atoms with Crippen molar-refractivity contribution < 1.29 is 4.74 Å². The van der Waals surface area contributed by atoms with Gasteiger partial charge >= 0.3 is 0 Å². The monoisotopic (exact) mass is 253 g/mol. The maximum atomic E-state index is 6.26. The van der Waals surface area contributed by atoms with Gasteiger partial charge in [-0.1, -0.05) is 0 Å². The minimum Gasteiger partial charge on any atom is -0.496 e. The van der Waals surface area contributed by atoms with Crippen molar-refractivity contribution in [3.63, 3.8) is 0 Å². The zero-order valence-corrected chi connectivity index (χ0v) is 11.2. The van der Waals surface area contributed by atoms with Gasteiger partial charge in [0.2, 0.25) is 0 Å². The molecule has 0 aliphatic heterocycles. The Morgan fingerprint density at radius 2 is 2.06 bits per heavy atom. The quantitative estimate of drug-likeness (QED) is 0.909. The molecule has 2 aromatic heterocycles. The van der Waals surface area contributed by atoms with Crippen LogP contribution in [0.5, 0.6) is 5.75 Å². The minimum absolute atomic E-state index is 0.0288. The van der Waals surface area contributed by atoms with E-state index in [1.165, 1.54) is 15.3 Å². The van der Waals surface area contributed by atoms with Crippen molar-refractivity contribution in [3.05, 3.63) is 37.7 Å². The molecule has 16 heavy (non-hydrogen) atoms. The van der Waals surface area contributed by atoms with E-state index in [-0.39, 0.29) is 6.04 Å². The molecular weight excluding hydrogens is 238 g/mol. The van der Waals surface area contributed by atoms with Gasteiger partial charge in [-0.15, -0.1) is 22.7 Å². The van der Waals surface area contributed by atoms with Crippen molar-refractivity contribution in [1.29, 1.82) is 0 Å². The van der Waals surface area contributed by atoms with Crippen LogP contribution in [0.1, 0.15) is 26.2 Å². The molecule has 2 aromatic rings. The third kappa shape index (κ3) is 2.14. The first kappa shape index (κ1) is 11.6. The molecule has 1 atom stereocenters. The molecule has 0 fully saturated rings. The van der Waals surface area contributed by atoms with E-state index in [0.29, 0.717) is 0 Å². The Morgan fingerprint density at radius 1 is 1.31 bits per heavy atom. The van der Waals surface area contributed by atoms with Crippen LogP contribution in [-0.4, -0.2) is 7.11 Å². The van der Waals surface area contributed by atoms with Gasteiger partial charge in [-0.3, -0.25) is 0 Å². The minimum atomic E-state index is -0.0288. The van der Waals surface area contributed by atoms with Gasteiger partial charge in [-0.2, -0.15) is 0 Å². The number of aryl methyl sites for hydroxylation is 2. The van der Waals surface area contributed by atoms with E-state index in [0.717, 1.165) is 10.6 Å². The van der Waals surface area contributed by atoms with Crippen molar-refractivity contribution in [2.24, 2.45) is 5.73 Å². The number of hydrogen-bond acceptors (Lipinski definition) is 4. The average molecular weight is 253 g/mol. The number of rotatable bonds is 3. The Morgan fingerprint density at radius 3 is 2.56 bits per heavy atom. The molecule has 2 heterocycles. The maximum absolute atomic E-state index is 6.26. The molecule has 0 spiro atoms. The largest absolute Gasteiger partial charge is 0.496 e. The number of ether oxygens (including phenoxy) is 1. The van der Waals surface area contributed by atoms with Gasteiger partial charge in [0.1, 0.15) is 5.75 Å². The number of methoxy groups -OCH3 is 1. The Labute approximate surface area is 104 Å². The molecule has 0 aliphatic carbocycles. The first-order valence-corrected chi connectivity index (χ1v) is 6.76. The highest BCUT2D eigenvalue weighted by Gasteiger charge is 2.15. The fourth-order valence-corrected chi connectivity index (χ4v) is 3.56. The number of thiophene rings is 2. The highest BCUT2D eigenvalue weighted by Crippen LogP contribution is 2.33. The van der Waals surface area contributed by atoms with Crippen LogP contribution in [0, 0.1) is 13.8 Å². The summed E-state index contributed by atoms with van der Waals surface area (Å²) in [6.07, 6.45) is 0. The van der Waals surface area contributed by atoms with Crippen molar-refractivity contribution >= 4 is 22.7 Å². The summed E-state index contributed by atoms with van der Waals surface area (Å²) in [5.41, 5.74) is 7.49. The van der Waals surface area contributed by atoms with E-state index in [1.807, 2.05) is 11.4 Å². The summed E-state index contributed by atoms with van der Waals surface area (Å²) in [4.78, 5) is 3.77. The summed E-state index contributed by atoms with van der Waals surface area (Å²) in [5, 5.41) is 1.99. The van der Waals surface area contributed by atoms with E-state index in [9.17, 15) is 0 Å². The molecule has 0 bridgehead atoms. The fourth-order valence-electron chi connectivity index (χ4n) is 1.72. The Bertz CT molecular complexity index is 487. The molecule has 86 valence electrons. The normalized spacial score (nSPS) is 12.8. The smallest absolute Gasteiger partial charge is 0.129 e. The van der Waals surface area contributed by atoms with Crippen molar-refractivity contribution in [2.75, 3.05) is 7.11 Å². The van der Waals surface area contributed by atoms with Gasteiger partial charge < -0.3 is 10.5 Å². The van der Waals surface area contributed by atoms with E-state index >= 15 is 0 Å². The molecule has 0 saturated carbocycles. The molecule has 0 aromatic carbocycles. The lowest BCUT2D eigenvalue weighted by Crippen LogP contribution is -2.10. The Balaban J connectivity index is 2.31. The second kappa shape index (κ2) is 4.57. The molecule has 2 N–H and O–H groups in total. The lowest BCUT2D eigenvalue weighted by atomic mass is 10.1. The zero-order chi connectivity index (χ0) is 11.7. The van der Waals surface area contributed by atoms with Crippen LogP contribution in [0.2, 0.25) is 0 Å². The summed E-state index contributed by atoms with van der Waals surface area (Å²) < 4.78 is 5.17. The van der Waals surface area contributed by atoms with E-state index in [4.69, 9.17) is 10.5 Å². The molecular formula is C12H15NOS2. The van der Waals surface area contributed by atoms with E-state index in [2.05, 4.69) is 19.9 Å². The van der Waals surface area contributed by atoms with Crippen LogP contribution in [0.3, 0.4) is 0 Å². The van der Waals surface area contributed by atoms with Crippen LogP contribution >= 0.6 is 22.7 Å². The van der Waals surface area contributed by atoms with Crippen LogP contribution in [0.25, 0.3) is 0 Å². The molecule has 1 unspecified atom stereocenters. The Kier molecular flexibility index (Phi) is 3.33. The highest BCUT2D eigenvalue weighted by molar-refractivity contribution is 7.12. The van der Waals surface area contributed by atoms with Crippen LogP contribution in [0.4, 0.5) is 0 Å². The van der Waals surface area contributed by atoms with Crippen molar-refractivity contribution in [3.8, 4) is 5.75 Å². The van der Waals surface area contributed by atoms with Gasteiger partial charge in [-0.25, -0.2) is 0 Å². The molecule has 0 amide bonds. The topological polar surface area (TPSA) is 35.2 Å². The molecule has 4 heteroatoms. The maximum Gasteiger partial charge on any atom is 0.129 e. The molecule has 2 nitrogen and oxygen atoms in total. The third-order valence-electron chi connectivity index (χ3n) is 2.55. The van der Waals surface area contributed by atoms with Gasteiger partial charge in [-0.05, 0) is 31.5 Å². The molecule has 0 saturated heterocycles. The van der Waals surface area contributed by atoms with Crippen LogP contribution in [-0.2, 0) is 0 Å². The molecule has 0 radical (unpaired) electrons. The van der Waals surface area contributed by atoms with E-state index in [1.54, 1.807) is 29.8 Å². The standard InChI is InChI=1S/C12H15NOS2/c1-7-4-10(8(2)16-7)12(13)11-5-9(14-3)6-15-11/h4-6,12H,13H2,1-3H3. The second-order valence-electron chi connectivity index (χ2n) is 3.74. The van der Waals surface area contributed by atoms with E-state index < -0.39 is 0 Å². The summed E-state index contributed by atoms with van der Waals surface area (Å²) >= 11 is 3.45. The van der Waals surface area contributed by atoms with Gasteiger partial charge in [0.25, 0.3) is 0 Å². The fraction of sp³-hybridized carbons (Fsp3) is 0.333. The average Bonchev–Trinajstić information content (AvgIpc) is 2.84. The predicted octanol–water partition coefficient (Wildman–Crippen LogP) is 3.48. The Hall–Kier alpha value is -0.840. The lowest BCUT2D eigenvalue weighted by Gasteiger charge is -2.08. The first-order valence-electron chi connectivity index (χ1n) is 5.06. The summed E-state index contributed by atoms with van der Waals surface area (Å²) in [7, 11) is 1.68.